The topological polar surface area (TPSA) is 66.0 Å². The van der Waals surface area contributed by atoms with Crippen LogP contribution >= 0.6 is 0 Å². The Morgan fingerprint density at radius 3 is 2.07 bits per heavy atom. The van der Waals surface area contributed by atoms with Crippen LogP contribution in [0.1, 0.15) is 18.9 Å². The lowest BCUT2D eigenvalue weighted by molar-refractivity contribution is -0.169. The Morgan fingerprint density at radius 1 is 1.13 bits per heavy atom. The average Bonchev–Trinajstić information content (AvgIpc) is 2.30. The first-order valence-electron chi connectivity index (χ1n) is 4.49. The van der Waals surface area contributed by atoms with Gasteiger partial charge in [0.1, 0.15) is 0 Å². The van der Waals surface area contributed by atoms with Crippen LogP contribution in [0.2, 0.25) is 0 Å². The first-order chi connectivity index (χ1) is 7.29. The molecule has 0 radical (unpaired) electrons. The van der Waals surface area contributed by atoms with Crippen LogP contribution in [0.15, 0.2) is 30.3 Å². The van der Waals surface area contributed by atoms with E-state index in [1.54, 1.807) is 43.7 Å². The minimum absolute atomic E-state index is 0.373. The summed E-state index contributed by atoms with van der Waals surface area (Å²) in [6, 6.07) is 8.92. The number of rotatable bonds is 4. The lowest BCUT2D eigenvalue weighted by Gasteiger charge is -2.26. The van der Waals surface area contributed by atoms with Gasteiger partial charge in [0.15, 0.2) is 0 Å². The molecule has 4 heteroatoms. The molecule has 0 aliphatic heterocycles. The highest BCUT2D eigenvalue weighted by Gasteiger charge is 2.35. The van der Waals surface area contributed by atoms with E-state index in [0.29, 0.717) is 12.0 Å². The van der Waals surface area contributed by atoms with Gasteiger partial charge in [-0.15, -0.1) is 0 Å². The van der Waals surface area contributed by atoms with Gasteiger partial charge in [-0.2, -0.15) is 10.5 Å². The van der Waals surface area contributed by atoms with Gasteiger partial charge in [-0.1, -0.05) is 37.3 Å². The maximum Gasteiger partial charge on any atom is 0.301 e. The van der Waals surface area contributed by atoms with E-state index in [1.807, 2.05) is 6.07 Å². The molecule has 0 heterocycles. The summed E-state index contributed by atoms with van der Waals surface area (Å²) in [7, 11) is 0. The van der Waals surface area contributed by atoms with Gasteiger partial charge in [-0.25, -0.2) is 0 Å². The lowest BCUT2D eigenvalue weighted by Crippen LogP contribution is -2.29. The number of nitriles is 2. The lowest BCUT2D eigenvalue weighted by atomic mass is 10.0. The van der Waals surface area contributed by atoms with Gasteiger partial charge in [0, 0.05) is 12.0 Å². The van der Waals surface area contributed by atoms with Crippen LogP contribution in [-0.2, 0) is 15.3 Å². The van der Waals surface area contributed by atoms with Gasteiger partial charge in [-0.05, 0) is 0 Å². The summed E-state index contributed by atoms with van der Waals surface area (Å²) >= 11 is 0. The molecule has 76 valence electrons. The smallest absolute Gasteiger partial charge is 0.301 e. The van der Waals surface area contributed by atoms with E-state index in [0.717, 1.165) is 0 Å². The zero-order valence-corrected chi connectivity index (χ0v) is 8.30. The van der Waals surface area contributed by atoms with Gasteiger partial charge in [0.25, 0.3) is 12.5 Å². The van der Waals surface area contributed by atoms with Crippen molar-refractivity contribution in [1.82, 2.24) is 0 Å². The van der Waals surface area contributed by atoms with Crippen LogP contribution in [0.4, 0.5) is 0 Å². The Morgan fingerprint density at radius 2 is 1.67 bits per heavy atom. The molecule has 15 heavy (non-hydrogen) atoms. The average molecular weight is 202 g/mol. The van der Waals surface area contributed by atoms with E-state index in [9.17, 15) is 0 Å². The predicted octanol–water partition coefficient (Wildman–Crippen LogP) is 2.24. The molecule has 0 aliphatic carbocycles. The molecule has 0 spiro atoms. The van der Waals surface area contributed by atoms with Crippen molar-refractivity contribution in [1.29, 1.82) is 10.5 Å². The van der Waals surface area contributed by atoms with Crippen LogP contribution in [0.25, 0.3) is 0 Å². The molecule has 0 bridgehead atoms. The highest BCUT2D eigenvalue weighted by atomic mass is 16.7. The van der Waals surface area contributed by atoms with Gasteiger partial charge in [0.2, 0.25) is 0 Å². The number of nitrogens with zero attached hydrogens (tertiary/aromatic N) is 2. The molecular weight excluding hydrogens is 192 g/mol. The monoisotopic (exact) mass is 202 g/mol. The first-order valence-corrected chi connectivity index (χ1v) is 4.49. The summed E-state index contributed by atoms with van der Waals surface area (Å²) in [5.41, 5.74) is 0.649. The quantitative estimate of drug-likeness (QED) is 0.554. The minimum atomic E-state index is -1.29. The van der Waals surface area contributed by atoms with Gasteiger partial charge in [-0.3, -0.25) is 0 Å². The Labute approximate surface area is 88.3 Å². The molecule has 1 aromatic rings. The van der Waals surface area contributed by atoms with E-state index >= 15 is 0 Å². The van der Waals surface area contributed by atoms with Crippen molar-refractivity contribution in [2.45, 2.75) is 19.1 Å². The molecule has 0 unspecified atom stereocenters. The van der Waals surface area contributed by atoms with Crippen molar-refractivity contribution in [3.05, 3.63) is 35.9 Å². The number of benzene rings is 1. The maximum absolute atomic E-state index is 8.56. The van der Waals surface area contributed by atoms with Crippen molar-refractivity contribution < 1.29 is 9.47 Å². The SMILES string of the molecule is CCC(OC#N)(OC#N)c1ccccc1. The Balaban J connectivity index is 3.11. The predicted molar refractivity (Wildman–Crippen MR) is 51.8 cm³/mol. The maximum atomic E-state index is 8.56. The molecule has 4 nitrogen and oxygen atoms in total. The zero-order valence-electron chi connectivity index (χ0n) is 8.30. The fourth-order valence-corrected chi connectivity index (χ4v) is 1.33. The Kier molecular flexibility index (Phi) is 3.54. The third-order valence-corrected chi connectivity index (χ3v) is 2.10. The summed E-state index contributed by atoms with van der Waals surface area (Å²) in [6.45, 7) is 1.78. The molecule has 0 fully saturated rings. The largest absolute Gasteiger partial charge is 0.377 e. The molecule has 1 rings (SSSR count). The Bertz CT molecular complexity index is 373. The van der Waals surface area contributed by atoms with Gasteiger partial charge < -0.3 is 9.47 Å². The minimum Gasteiger partial charge on any atom is -0.377 e. The standard InChI is InChI=1S/C11H10N2O2/c1-2-11(14-8-12,15-9-13)10-6-4-3-5-7-10/h3-7H,2H2,1H3. The fourth-order valence-electron chi connectivity index (χ4n) is 1.33. The fraction of sp³-hybridized carbons (Fsp3) is 0.273. The molecule has 0 aliphatic rings. The first kappa shape index (κ1) is 10.9. The van der Waals surface area contributed by atoms with Gasteiger partial charge in [0.05, 0.1) is 0 Å². The number of ether oxygens (including phenoxy) is 2. The van der Waals surface area contributed by atoms with Crippen LogP contribution < -0.4 is 0 Å². The second-order valence-corrected chi connectivity index (χ2v) is 2.86. The van der Waals surface area contributed by atoms with Crippen LogP contribution in [0, 0.1) is 23.0 Å². The second kappa shape index (κ2) is 4.88. The summed E-state index contributed by atoms with van der Waals surface area (Å²) < 4.78 is 9.73. The van der Waals surface area contributed by atoms with E-state index in [-0.39, 0.29) is 0 Å². The molecule has 0 amide bonds. The van der Waals surface area contributed by atoms with Crippen molar-refractivity contribution in [3.63, 3.8) is 0 Å². The molecule has 1 aromatic carbocycles. The number of hydrogen-bond acceptors (Lipinski definition) is 4. The van der Waals surface area contributed by atoms with Crippen molar-refractivity contribution in [2.75, 3.05) is 0 Å². The van der Waals surface area contributed by atoms with E-state index < -0.39 is 5.79 Å². The molecule has 0 N–H and O–H groups in total. The molecule has 0 saturated heterocycles. The summed E-state index contributed by atoms with van der Waals surface area (Å²) in [5.74, 6) is -1.29. The second-order valence-electron chi connectivity index (χ2n) is 2.86. The summed E-state index contributed by atoms with van der Waals surface area (Å²) in [6.07, 6.45) is 3.51. The normalized spacial score (nSPS) is 9.80. The van der Waals surface area contributed by atoms with Crippen molar-refractivity contribution >= 4 is 0 Å². The van der Waals surface area contributed by atoms with Crippen LogP contribution in [-0.4, -0.2) is 0 Å². The molecule has 0 atom stereocenters. The van der Waals surface area contributed by atoms with Crippen molar-refractivity contribution in [2.24, 2.45) is 0 Å². The third-order valence-electron chi connectivity index (χ3n) is 2.10. The zero-order chi connectivity index (χ0) is 11.1. The highest BCUT2D eigenvalue weighted by Crippen LogP contribution is 2.30. The molecule has 0 saturated carbocycles. The Hall–Kier alpha value is -2.20. The summed E-state index contributed by atoms with van der Waals surface area (Å²) in [4.78, 5) is 0. The highest BCUT2D eigenvalue weighted by molar-refractivity contribution is 5.21. The summed E-state index contributed by atoms with van der Waals surface area (Å²) in [5, 5.41) is 17.1. The van der Waals surface area contributed by atoms with E-state index in [2.05, 4.69) is 0 Å². The number of hydrogen-bond donors (Lipinski definition) is 0. The molecule has 0 aromatic heterocycles. The van der Waals surface area contributed by atoms with E-state index in [1.165, 1.54) is 0 Å². The van der Waals surface area contributed by atoms with Gasteiger partial charge >= 0.3 is 5.79 Å². The van der Waals surface area contributed by atoms with Crippen molar-refractivity contribution in [3.8, 4) is 12.5 Å². The third kappa shape index (κ3) is 2.18. The van der Waals surface area contributed by atoms with Crippen LogP contribution in [0.5, 0.6) is 0 Å². The van der Waals surface area contributed by atoms with E-state index in [4.69, 9.17) is 20.0 Å². The molecular formula is C11H10N2O2. The van der Waals surface area contributed by atoms with Crippen LogP contribution in [0.3, 0.4) is 0 Å².